The van der Waals surface area contributed by atoms with Gasteiger partial charge in [-0.05, 0) is 35.8 Å². The van der Waals surface area contributed by atoms with Crippen molar-refractivity contribution in [1.82, 2.24) is 0 Å². The van der Waals surface area contributed by atoms with Crippen LogP contribution in [-0.2, 0) is 0 Å². The molecule has 0 saturated carbocycles. The number of fused-ring (bicyclic) bond motifs is 1. The summed E-state index contributed by atoms with van der Waals surface area (Å²) in [4.78, 5) is 0. The molecule has 88 valence electrons. The normalized spacial score (nSPS) is 19.4. The maximum Gasteiger partial charge on any atom is 0.126 e. The summed E-state index contributed by atoms with van der Waals surface area (Å²) in [5.74, 6) is 2.03. The van der Waals surface area contributed by atoms with Crippen LogP contribution in [-0.4, -0.2) is 18.3 Å². The van der Waals surface area contributed by atoms with E-state index in [2.05, 4.69) is 32.0 Å². The van der Waals surface area contributed by atoms with E-state index >= 15 is 0 Å². The second-order valence-electron chi connectivity index (χ2n) is 4.77. The molecule has 2 heteroatoms. The van der Waals surface area contributed by atoms with E-state index in [9.17, 15) is 0 Å². The van der Waals surface area contributed by atoms with Crippen LogP contribution < -0.4 is 4.74 Å². The van der Waals surface area contributed by atoms with E-state index in [0.717, 1.165) is 25.2 Å². The second kappa shape index (κ2) is 4.88. The molecule has 1 atom stereocenters. The molecule has 1 heterocycles. The summed E-state index contributed by atoms with van der Waals surface area (Å²) in [5.41, 5.74) is 2.58. The fourth-order valence-corrected chi connectivity index (χ4v) is 2.43. The zero-order valence-electron chi connectivity index (χ0n) is 10.1. The van der Waals surface area contributed by atoms with Crippen LogP contribution in [0.25, 0.3) is 0 Å². The molecule has 0 saturated heterocycles. The van der Waals surface area contributed by atoms with Crippen LogP contribution in [0.5, 0.6) is 5.75 Å². The Morgan fingerprint density at radius 3 is 2.94 bits per heavy atom. The molecule has 0 fully saturated rings. The van der Waals surface area contributed by atoms with Gasteiger partial charge in [0.05, 0.1) is 6.61 Å². The van der Waals surface area contributed by atoms with Crippen LogP contribution in [0.4, 0.5) is 0 Å². The molecular formula is C14H20O2. The molecular weight excluding hydrogens is 200 g/mol. The van der Waals surface area contributed by atoms with E-state index in [1.165, 1.54) is 11.1 Å². The molecule has 1 unspecified atom stereocenters. The highest BCUT2D eigenvalue weighted by Crippen LogP contribution is 2.40. The molecule has 0 radical (unpaired) electrons. The summed E-state index contributed by atoms with van der Waals surface area (Å²) in [6.07, 6.45) is 1.87. The molecule has 2 nitrogen and oxygen atoms in total. The molecule has 16 heavy (non-hydrogen) atoms. The van der Waals surface area contributed by atoms with Gasteiger partial charge < -0.3 is 9.84 Å². The topological polar surface area (TPSA) is 29.5 Å². The largest absolute Gasteiger partial charge is 0.493 e. The third kappa shape index (κ3) is 2.07. The monoisotopic (exact) mass is 220 g/mol. The second-order valence-corrected chi connectivity index (χ2v) is 4.77. The molecule has 1 aromatic carbocycles. The van der Waals surface area contributed by atoms with Crippen molar-refractivity contribution in [2.24, 2.45) is 0 Å². The first-order chi connectivity index (χ1) is 7.74. The van der Waals surface area contributed by atoms with E-state index in [4.69, 9.17) is 9.84 Å². The molecule has 0 spiro atoms. The van der Waals surface area contributed by atoms with Crippen LogP contribution >= 0.6 is 0 Å². The number of aliphatic hydroxyl groups excluding tert-OH is 1. The number of aliphatic hydroxyl groups is 1. The van der Waals surface area contributed by atoms with Crippen LogP contribution in [0.2, 0.25) is 0 Å². The highest BCUT2D eigenvalue weighted by molar-refractivity contribution is 5.46. The van der Waals surface area contributed by atoms with Gasteiger partial charge >= 0.3 is 0 Å². The average molecular weight is 220 g/mol. The van der Waals surface area contributed by atoms with Crippen LogP contribution in [0.1, 0.15) is 49.7 Å². The van der Waals surface area contributed by atoms with Crippen molar-refractivity contribution in [3.63, 3.8) is 0 Å². The maximum absolute atomic E-state index is 9.08. The van der Waals surface area contributed by atoms with Gasteiger partial charge in [0.2, 0.25) is 0 Å². The Hall–Kier alpha value is -1.02. The minimum Gasteiger partial charge on any atom is -0.493 e. The standard InChI is InChI=1S/C14H20O2/c1-10(2)12-4-3-5-13-11(6-8-15)7-9-16-14(12)13/h3-5,10-11,15H,6-9H2,1-2H3. The van der Waals surface area contributed by atoms with Crippen LogP contribution in [0.3, 0.4) is 0 Å². The van der Waals surface area contributed by atoms with E-state index in [1.807, 2.05) is 0 Å². The molecule has 1 aliphatic rings. The Bertz CT molecular complexity index is 358. The van der Waals surface area contributed by atoms with E-state index in [0.29, 0.717) is 11.8 Å². The Labute approximate surface area is 97.3 Å². The van der Waals surface area contributed by atoms with Gasteiger partial charge in [-0.2, -0.15) is 0 Å². The predicted molar refractivity (Wildman–Crippen MR) is 65.1 cm³/mol. The quantitative estimate of drug-likeness (QED) is 0.848. The molecule has 2 rings (SSSR count). The minimum absolute atomic E-state index is 0.260. The Kier molecular flexibility index (Phi) is 3.49. The highest BCUT2D eigenvalue weighted by atomic mass is 16.5. The lowest BCUT2D eigenvalue weighted by atomic mass is 9.87. The first-order valence-corrected chi connectivity index (χ1v) is 6.10. The molecule has 1 aliphatic heterocycles. The molecule has 0 amide bonds. The van der Waals surface area contributed by atoms with Gasteiger partial charge in [0.25, 0.3) is 0 Å². The fourth-order valence-electron chi connectivity index (χ4n) is 2.43. The van der Waals surface area contributed by atoms with Crippen LogP contribution in [0.15, 0.2) is 18.2 Å². The molecule has 0 aromatic heterocycles. The van der Waals surface area contributed by atoms with Gasteiger partial charge in [-0.3, -0.25) is 0 Å². The zero-order valence-corrected chi connectivity index (χ0v) is 10.1. The van der Waals surface area contributed by atoms with Crippen LogP contribution in [0, 0.1) is 0 Å². The van der Waals surface area contributed by atoms with Crippen molar-refractivity contribution in [1.29, 1.82) is 0 Å². The summed E-state index contributed by atoms with van der Waals surface area (Å²) in [6.45, 7) is 5.42. The molecule has 1 N–H and O–H groups in total. The maximum atomic E-state index is 9.08. The van der Waals surface area contributed by atoms with Gasteiger partial charge in [-0.25, -0.2) is 0 Å². The van der Waals surface area contributed by atoms with Gasteiger partial charge in [0, 0.05) is 6.61 Å². The molecule has 0 aliphatic carbocycles. The average Bonchev–Trinajstić information content (AvgIpc) is 2.29. The fraction of sp³-hybridized carbons (Fsp3) is 0.571. The van der Waals surface area contributed by atoms with Gasteiger partial charge in [-0.15, -0.1) is 0 Å². The van der Waals surface area contributed by atoms with Crippen molar-refractivity contribution in [2.75, 3.05) is 13.2 Å². The predicted octanol–water partition coefficient (Wildman–Crippen LogP) is 3.06. The Morgan fingerprint density at radius 2 is 2.25 bits per heavy atom. The summed E-state index contributed by atoms with van der Waals surface area (Å²) in [7, 11) is 0. The highest BCUT2D eigenvalue weighted by Gasteiger charge is 2.23. The van der Waals surface area contributed by atoms with Crippen molar-refractivity contribution in [3.05, 3.63) is 29.3 Å². The Balaban J connectivity index is 2.38. The number of ether oxygens (including phenoxy) is 1. The third-order valence-corrected chi connectivity index (χ3v) is 3.33. The van der Waals surface area contributed by atoms with Gasteiger partial charge in [-0.1, -0.05) is 32.0 Å². The van der Waals surface area contributed by atoms with Crippen molar-refractivity contribution < 1.29 is 9.84 Å². The smallest absolute Gasteiger partial charge is 0.126 e. The lowest BCUT2D eigenvalue weighted by Gasteiger charge is -2.28. The number of hydrogen-bond acceptors (Lipinski definition) is 2. The SMILES string of the molecule is CC(C)c1cccc2c1OCCC2CCO. The first-order valence-electron chi connectivity index (χ1n) is 6.10. The van der Waals surface area contributed by atoms with E-state index in [-0.39, 0.29) is 6.61 Å². The van der Waals surface area contributed by atoms with Gasteiger partial charge in [0.1, 0.15) is 5.75 Å². The van der Waals surface area contributed by atoms with E-state index in [1.54, 1.807) is 0 Å². The minimum atomic E-state index is 0.260. The summed E-state index contributed by atoms with van der Waals surface area (Å²) in [5, 5.41) is 9.08. The summed E-state index contributed by atoms with van der Waals surface area (Å²) in [6, 6.07) is 6.39. The number of para-hydroxylation sites is 1. The molecule has 1 aromatic rings. The Morgan fingerprint density at radius 1 is 1.44 bits per heavy atom. The van der Waals surface area contributed by atoms with E-state index < -0.39 is 0 Å². The van der Waals surface area contributed by atoms with Crippen molar-refractivity contribution in [3.8, 4) is 5.75 Å². The molecule has 0 bridgehead atoms. The number of hydrogen-bond donors (Lipinski definition) is 1. The summed E-state index contributed by atoms with van der Waals surface area (Å²) < 4.78 is 5.81. The van der Waals surface area contributed by atoms with Crippen molar-refractivity contribution >= 4 is 0 Å². The third-order valence-electron chi connectivity index (χ3n) is 3.33. The number of rotatable bonds is 3. The lowest BCUT2D eigenvalue weighted by molar-refractivity contribution is 0.228. The summed E-state index contributed by atoms with van der Waals surface area (Å²) >= 11 is 0. The van der Waals surface area contributed by atoms with Gasteiger partial charge in [0.15, 0.2) is 0 Å². The van der Waals surface area contributed by atoms with Crippen molar-refractivity contribution in [2.45, 2.75) is 38.5 Å². The number of benzene rings is 1. The zero-order chi connectivity index (χ0) is 11.5. The lowest BCUT2D eigenvalue weighted by Crippen LogP contribution is -2.16. The first kappa shape index (κ1) is 11.5.